The van der Waals surface area contributed by atoms with Crippen LogP contribution in [0.25, 0.3) is 5.69 Å². The van der Waals surface area contributed by atoms with Crippen LogP contribution in [0.3, 0.4) is 0 Å². The Morgan fingerprint density at radius 2 is 1.90 bits per heavy atom. The van der Waals surface area contributed by atoms with Crippen molar-refractivity contribution in [2.24, 2.45) is 0 Å². The quantitative estimate of drug-likeness (QED) is 0.404. The van der Waals surface area contributed by atoms with Gasteiger partial charge in [-0.15, -0.1) is 11.3 Å². The van der Waals surface area contributed by atoms with Crippen molar-refractivity contribution < 1.29 is 22.1 Å². The van der Waals surface area contributed by atoms with Crippen LogP contribution >= 0.6 is 11.3 Å². The molecule has 0 saturated heterocycles. The van der Waals surface area contributed by atoms with Crippen LogP contribution in [0.4, 0.5) is 0 Å². The molecular weight excluding hydrogens is 428 g/mol. The van der Waals surface area contributed by atoms with Crippen LogP contribution < -0.4 is 9.74 Å². The lowest BCUT2D eigenvalue weighted by Gasteiger charge is -2.13. The number of rotatable bonds is 7. The van der Waals surface area contributed by atoms with Crippen molar-refractivity contribution >= 4 is 27.4 Å². The second-order valence-electron chi connectivity index (χ2n) is 6.23. The standard InChI is InChI=1S/C20H20N2O6S2/c1-4-14-10-11-18(29-14)30(25,26)28-16-12-17(23)22(15-9-7-6-8-13(15)3)21-19(16)20(24)27-5-2/h6-12H,4-5H2,1-3H3. The largest absolute Gasteiger partial charge is 0.461 e. The molecule has 0 N–H and O–H groups in total. The van der Waals surface area contributed by atoms with Crippen molar-refractivity contribution in [2.45, 2.75) is 31.4 Å². The minimum atomic E-state index is -4.25. The molecule has 10 heteroatoms. The molecule has 0 unspecified atom stereocenters. The minimum Gasteiger partial charge on any atom is -0.461 e. The van der Waals surface area contributed by atoms with Crippen LogP contribution in [-0.2, 0) is 21.3 Å². The molecule has 158 valence electrons. The molecule has 3 rings (SSSR count). The highest BCUT2D eigenvalue weighted by Crippen LogP contribution is 2.27. The van der Waals surface area contributed by atoms with Gasteiger partial charge in [0.05, 0.1) is 18.4 Å². The van der Waals surface area contributed by atoms with Crippen molar-refractivity contribution in [1.29, 1.82) is 0 Å². The number of benzene rings is 1. The Hall–Kier alpha value is -2.98. The fourth-order valence-corrected chi connectivity index (χ4v) is 4.85. The molecular formula is C20H20N2O6S2. The highest BCUT2D eigenvalue weighted by molar-refractivity contribution is 7.89. The molecule has 0 spiro atoms. The zero-order valence-corrected chi connectivity index (χ0v) is 18.2. The monoisotopic (exact) mass is 448 g/mol. The molecule has 0 fully saturated rings. The van der Waals surface area contributed by atoms with E-state index in [4.69, 9.17) is 8.92 Å². The SMILES string of the molecule is CCOC(=O)c1nn(-c2ccccc2C)c(=O)cc1OS(=O)(=O)c1ccc(CC)s1. The molecule has 0 bridgehead atoms. The summed E-state index contributed by atoms with van der Waals surface area (Å²) in [6.45, 7) is 5.33. The molecule has 0 radical (unpaired) electrons. The molecule has 0 aliphatic rings. The minimum absolute atomic E-state index is 0.0303. The van der Waals surface area contributed by atoms with Crippen molar-refractivity contribution in [3.05, 3.63) is 69.0 Å². The molecule has 0 aliphatic carbocycles. The van der Waals surface area contributed by atoms with Crippen molar-refractivity contribution in [3.8, 4) is 11.4 Å². The third-order valence-corrected chi connectivity index (χ3v) is 7.05. The highest BCUT2D eigenvalue weighted by atomic mass is 32.3. The summed E-state index contributed by atoms with van der Waals surface area (Å²) in [7, 11) is -4.25. The van der Waals surface area contributed by atoms with E-state index in [9.17, 15) is 18.0 Å². The summed E-state index contributed by atoms with van der Waals surface area (Å²) in [5, 5.41) is 4.06. The summed E-state index contributed by atoms with van der Waals surface area (Å²) >= 11 is 1.06. The van der Waals surface area contributed by atoms with Gasteiger partial charge in [0.1, 0.15) is 0 Å². The average molecular weight is 449 g/mol. The first-order valence-corrected chi connectivity index (χ1v) is 11.4. The number of carbonyl (C=O) groups excluding carboxylic acids is 1. The first kappa shape index (κ1) is 21.7. The van der Waals surface area contributed by atoms with Crippen LogP contribution in [0.2, 0.25) is 0 Å². The van der Waals surface area contributed by atoms with Crippen LogP contribution in [0, 0.1) is 6.92 Å². The number of hydrogen-bond acceptors (Lipinski definition) is 8. The van der Waals surface area contributed by atoms with Crippen LogP contribution in [0.15, 0.2) is 51.5 Å². The van der Waals surface area contributed by atoms with Gasteiger partial charge in [0, 0.05) is 4.88 Å². The summed E-state index contributed by atoms with van der Waals surface area (Å²) in [4.78, 5) is 26.0. The van der Waals surface area contributed by atoms with E-state index < -0.39 is 33.1 Å². The fourth-order valence-electron chi connectivity index (χ4n) is 2.66. The third kappa shape index (κ3) is 4.44. The topological polar surface area (TPSA) is 105 Å². The number of esters is 1. The second kappa shape index (κ2) is 8.80. The van der Waals surface area contributed by atoms with Gasteiger partial charge >= 0.3 is 16.1 Å². The molecule has 0 amide bonds. The van der Waals surface area contributed by atoms with Crippen molar-refractivity contribution in [1.82, 2.24) is 9.78 Å². The van der Waals surface area contributed by atoms with Crippen molar-refractivity contribution in [3.63, 3.8) is 0 Å². The number of para-hydroxylation sites is 1. The van der Waals surface area contributed by atoms with E-state index in [1.54, 1.807) is 44.2 Å². The molecule has 0 aliphatic heterocycles. The second-order valence-corrected chi connectivity index (χ2v) is 9.17. The van der Waals surface area contributed by atoms with E-state index in [0.717, 1.165) is 32.5 Å². The van der Waals surface area contributed by atoms with E-state index in [1.807, 2.05) is 6.92 Å². The van der Waals surface area contributed by atoms with E-state index in [1.165, 1.54) is 6.07 Å². The molecule has 0 saturated carbocycles. The van der Waals surface area contributed by atoms with Crippen molar-refractivity contribution in [2.75, 3.05) is 6.61 Å². The normalized spacial score (nSPS) is 11.3. The predicted molar refractivity (Wildman–Crippen MR) is 112 cm³/mol. The van der Waals surface area contributed by atoms with E-state index >= 15 is 0 Å². The Morgan fingerprint density at radius 3 is 2.53 bits per heavy atom. The average Bonchev–Trinajstić information content (AvgIpc) is 3.19. The van der Waals surface area contributed by atoms with Gasteiger partial charge in [0.25, 0.3) is 5.56 Å². The number of hydrogen-bond donors (Lipinski definition) is 0. The highest BCUT2D eigenvalue weighted by Gasteiger charge is 2.26. The van der Waals surface area contributed by atoms with Crippen LogP contribution in [0.1, 0.15) is 34.8 Å². The number of ether oxygens (including phenoxy) is 1. The van der Waals surface area contributed by atoms with Gasteiger partial charge in [-0.05, 0) is 44.0 Å². The summed E-state index contributed by atoms with van der Waals surface area (Å²) in [6.07, 6.45) is 0.669. The summed E-state index contributed by atoms with van der Waals surface area (Å²) in [5.41, 5.74) is 0.140. The molecule has 3 aromatic rings. The van der Waals surface area contributed by atoms with Gasteiger partial charge in [0.2, 0.25) is 5.69 Å². The smallest absolute Gasteiger partial charge is 0.362 e. The van der Waals surface area contributed by atoms with Gasteiger partial charge in [-0.3, -0.25) is 4.79 Å². The Bertz CT molecular complexity index is 1240. The predicted octanol–water partition coefficient (Wildman–Crippen LogP) is 3.11. The van der Waals surface area contributed by atoms with Gasteiger partial charge in [0.15, 0.2) is 9.96 Å². The molecule has 8 nitrogen and oxygen atoms in total. The Morgan fingerprint density at radius 1 is 1.17 bits per heavy atom. The maximum Gasteiger partial charge on any atom is 0.362 e. The number of thiophene rings is 1. The van der Waals surface area contributed by atoms with Gasteiger partial charge < -0.3 is 8.92 Å². The summed E-state index contributed by atoms with van der Waals surface area (Å²) < 4.78 is 36.5. The zero-order chi connectivity index (χ0) is 21.9. The number of nitrogens with zero attached hydrogens (tertiary/aromatic N) is 2. The van der Waals surface area contributed by atoms with Gasteiger partial charge in [-0.1, -0.05) is 25.1 Å². The molecule has 30 heavy (non-hydrogen) atoms. The van der Waals surface area contributed by atoms with Gasteiger partial charge in [-0.2, -0.15) is 18.2 Å². The number of carbonyl (C=O) groups is 1. The Balaban J connectivity index is 2.12. The van der Waals surface area contributed by atoms with E-state index in [0.29, 0.717) is 12.1 Å². The molecule has 0 atom stereocenters. The first-order chi connectivity index (χ1) is 14.3. The zero-order valence-electron chi connectivity index (χ0n) is 16.6. The lowest BCUT2D eigenvalue weighted by molar-refractivity contribution is 0.0515. The molecule has 2 heterocycles. The number of aromatic nitrogens is 2. The molecule has 1 aromatic carbocycles. The fraction of sp³-hybridized carbons (Fsp3) is 0.250. The third-order valence-electron chi connectivity index (χ3n) is 4.14. The van der Waals surface area contributed by atoms with Crippen LogP contribution in [-0.4, -0.2) is 30.8 Å². The maximum absolute atomic E-state index is 12.7. The summed E-state index contributed by atoms with van der Waals surface area (Å²) in [5.74, 6) is -1.37. The lowest BCUT2D eigenvalue weighted by atomic mass is 10.2. The molecule has 2 aromatic heterocycles. The summed E-state index contributed by atoms with van der Waals surface area (Å²) in [6, 6.07) is 11.0. The van der Waals surface area contributed by atoms with E-state index in [-0.39, 0.29) is 10.8 Å². The lowest BCUT2D eigenvalue weighted by Crippen LogP contribution is -2.26. The Labute approximate surface area is 177 Å². The van der Waals surface area contributed by atoms with Crippen LogP contribution in [0.5, 0.6) is 5.75 Å². The number of aryl methyl sites for hydroxylation is 2. The van der Waals surface area contributed by atoms with E-state index in [2.05, 4.69) is 5.10 Å². The Kier molecular flexibility index (Phi) is 6.37. The maximum atomic E-state index is 12.7. The first-order valence-electron chi connectivity index (χ1n) is 9.17. The van der Waals surface area contributed by atoms with Gasteiger partial charge in [-0.25, -0.2) is 4.79 Å².